The van der Waals surface area contributed by atoms with Crippen LogP contribution in [-0.4, -0.2) is 16.1 Å². The van der Waals surface area contributed by atoms with Gasteiger partial charge < -0.3 is 9.84 Å². The monoisotopic (exact) mass is 311 g/mol. The molecule has 2 rings (SSSR count). The third kappa shape index (κ3) is 3.49. The fourth-order valence-corrected chi connectivity index (χ4v) is 2.94. The van der Waals surface area contributed by atoms with Gasteiger partial charge in [0.1, 0.15) is 12.4 Å². The van der Waals surface area contributed by atoms with Crippen LogP contribution in [0, 0.1) is 0 Å². The molecular formula is C14H14ClNO3S. The van der Waals surface area contributed by atoms with Gasteiger partial charge >= 0.3 is 5.97 Å². The number of aromatic carboxylic acids is 1. The number of carboxylic acids is 1. The van der Waals surface area contributed by atoms with Gasteiger partial charge in [0.05, 0.1) is 5.02 Å². The Kier molecular flexibility index (Phi) is 4.98. The summed E-state index contributed by atoms with van der Waals surface area (Å²) in [5.74, 6) is -0.563. The Morgan fingerprint density at radius 1 is 1.55 bits per heavy atom. The van der Waals surface area contributed by atoms with E-state index < -0.39 is 5.97 Å². The topological polar surface area (TPSA) is 59.4 Å². The highest BCUT2D eigenvalue weighted by Gasteiger charge is 2.17. The zero-order valence-corrected chi connectivity index (χ0v) is 12.5. The lowest BCUT2D eigenvalue weighted by molar-refractivity contribution is 0.0697. The molecular weight excluding hydrogens is 298 g/mol. The minimum absolute atomic E-state index is 0.226. The molecule has 0 amide bonds. The molecule has 1 N–H and O–H groups in total. The van der Waals surface area contributed by atoms with Crippen molar-refractivity contribution in [2.75, 3.05) is 0 Å². The van der Waals surface area contributed by atoms with Crippen LogP contribution in [0.2, 0.25) is 5.02 Å². The first-order chi connectivity index (χ1) is 9.61. The summed E-state index contributed by atoms with van der Waals surface area (Å²) in [5.41, 5.74) is 0.779. The van der Waals surface area contributed by atoms with Gasteiger partial charge in [-0.05, 0) is 18.6 Å². The van der Waals surface area contributed by atoms with Crippen LogP contribution in [0.3, 0.4) is 0 Å². The van der Waals surface area contributed by atoms with E-state index >= 15 is 0 Å². The third-order valence-electron chi connectivity index (χ3n) is 2.68. The molecule has 0 aromatic carbocycles. The molecule has 4 nitrogen and oxygen atoms in total. The maximum atomic E-state index is 11.2. The smallest absolute Gasteiger partial charge is 0.349 e. The molecule has 6 heteroatoms. The Morgan fingerprint density at radius 2 is 2.35 bits per heavy atom. The minimum atomic E-state index is -0.965. The minimum Gasteiger partial charge on any atom is -0.487 e. The molecule has 2 aromatic rings. The van der Waals surface area contributed by atoms with Gasteiger partial charge in [-0.3, -0.25) is 4.98 Å². The number of nitrogens with zero attached hydrogens (tertiary/aromatic N) is 1. The number of hydrogen-bond acceptors (Lipinski definition) is 4. The summed E-state index contributed by atoms with van der Waals surface area (Å²) in [4.78, 5) is 16.4. The highest BCUT2D eigenvalue weighted by atomic mass is 35.5. The Bertz CT molecular complexity index is 612. The van der Waals surface area contributed by atoms with Crippen molar-refractivity contribution in [3.63, 3.8) is 0 Å². The Morgan fingerprint density at radius 3 is 3.00 bits per heavy atom. The predicted molar refractivity (Wildman–Crippen MR) is 78.9 cm³/mol. The molecule has 0 aliphatic carbocycles. The van der Waals surface area contributed by atoms with Crippen LogP contribution in [0.25, 0.3) is 0 Å². The molecule has 0 spiro atoms. The predicted octanol–water partition coefficient (Wildman–Crippen LogP) is 4.03. The van der Waals surface area contributed by atoms with Crippen LogP contribution in [0.4, 0.5) is 0 Å². The number of aromatic nitrogens is 1. The quantitative estimate of drug-likeness (QED) is 0.875. The second kappa shape index (κ2) is 6.72. The SMILES string of the molecule is CCCc1cc(OCc2ccncc2Cl)c(C(=O)O)s1. The van der Waals surface area contributed by atoms with Gasteiger partial charge in [-0.2, -0.15) is 0 Å². The molecule has 0 atom stereocenters. The summed E-state index contributed by atoms with van der Waals surface area (Å²) < 4.78 is 5.61. The van der Waals surface area contributed by atoms with Gasteiger partial charge in [-0.25, -0.2) is 4.79 Å². The van der Waals surface area contributed by atoms with Crippen molar-refractivity contribution in [2.24, 2.45) is 0 Å². The maximum absolute atomic E-state index is 11.2. The number of rotatable bonds is 6. The van der Waals surface area contributed by atoms with E-state index in [1.54, 1.807) is 18.3 Å². The van der Waals surface area contributed by atoms with Gasteiger partial charge in [0.15, 0.2) is 4.88 Å². The first-order valence-corrected chi connectivity index (χ1v) is 7.38. The van der Waals surface area contributed by atoms with Gasteiger partial charge in [0.2, 0.25) is 0 Å². The van der Waals surface area contributed by atoms with E-state index in [9.17, 15) is 9.90 Å². The lowest BCUT2D eigenvalue weighted by Crippen LogP contribution is -2.00. The summed E-state index contributed by atoms with van der Waals surface area (Å²) in [7, 11) is 0. The van der Waals surface area contributed by atoms with Crippen LogP contribution < -0.4 is 4.74 Å². The van der Waals surface area contributed by atoms with Crippen LogP contribution in [0.15, 0.2) is 24.5 Å². The van der Waals surface area contributed by atoms with E-state index in [1.165, 1.54) is 17.5 Å². The Balaban J connectivity index is 2.16. The highest BCUT2D eigenvalue weighted by molar-refractivity contribution is 7.14. The van der Waals surface area contributed by atoms with E-state index in [1.807, 2.05) is 0 Å². The fraction of sp³-hybridized carbons (Fsp3) is 0.286. The molecule has 20 heavy (non-hydrogen) atoms. The Hall–Kier alpha value is -1.59. The largest absolute Gasteiger partial charge is 0.487 e. The van der Waals surface area contributed by atoms with E-state index in [-0.39, 0.29) is 11.5 Å². The van der Waals surface area contributed by atoms with E-state index in [2.05, 4.69) is 11.9 Å². The van der Waals surface area contributed by atoms with Crippen molar-refractivity contribution >= 4 is 28.9 Å². The third-order valence-corrected chi connectivity index (χ3v) is 4.18. The number of hydrogen-bond donors (Lipinski definition) is 1. The highest BCUT2D eigenvalue weighted by Crippen LogP contribution is 2.31. The number of halogens is 1. The van der Waals surface area contributed by atoms with E-state index in [4.69, 9.17) is 16.3 Å². The number of pyridine rings is 1. The Labute approximate surface area is 126 Å². The molecule has 0 unspecified atom stereocenters. The second-order valence-corrected chi connectivity index (χ2v) is 5.76. The summed E-state index contributed by atoms with van der Waals surface area (Å²) in [6.45, 7) is 2.28. The standard InChI is InChI=1S/C14H14ClNO3S/c1-2-3-10-6-12(13(20-10)14(17)18)19-8-9-4-5-16-7-11(9)15/h4-7H,2-3,8H2,1H3,(H,17,18). The van der Waals surface area contributed by atoms with Crippen LogP contribution in [0.1, 0.15) is 33.5 Å². The number of ether oxygens (including phenoxy) is 1. The molecule has 0 bridgehead atoms. The van der Waals surface area contributed by atoms with Crippen molar-refractivity contribution in [2.45, 2.75) is 26.4 Å². The maximum Gasteiger partial charge on any atom is 0.349 e. The number of carboxylic acid groups (broad SMARTS) is 1. The lowest BCUT2D eigenvalue weighted by Gasteiger charge is -2.06. The molecule has 0 aliphatic heterocycles. The molecule has 0 saturated carbocycles. The van der Waals surface area contributed by atoms with Crippen LogP contribution in [0.5, 0.6) is 5.75 Å². The van der Waals surface area contributed by atoms with Crippen molar-refractivity contribution in [1.82, 2.24) is 4.98 Å². The zero-order chi connectivity index (χ0) is 14.5. The molecule has 2 aromatic heterocycles. The van der Waals surface area contributed by atoms with E-state index in [0.29, 0.717) is 10.8 Å². The molecule has 0 fully saturated rings. The molecule has 0 saturated heterocycles. The van der Waals surface area contributed by atoms with Gasteiger partial charge in [0.25, 0.3) is 0 Å². The van der Waals surface area contributed by atoms with Gasteiger partial charge in [0, 0.05) is 22.8 Å². The van der Waals surface area contributed by atoms with Crippen molar-refractivity contribution in [1.29, 1.82) is 0 Å². The first-order valence-electron chi connectivity index (χ1n) is 6.19. The normalized spacial score (nSPS) is 10.5. The second-order valence-electron chi connectivity index (χ2n) is 4.22. The average Bonchev–Trinajstić information content (AvgIpc) is 2.82. The number of aryl methyl sites for hydroxylation is 1. The van der Waals surface area contributed by atoms with Crippen molar-refractivity contribution < 1.29 is 14.6 Å². The summed E-state index contributed by atoms with van der Waals surface area (Å²) in [6.07, 6.45) is 4.98. The van der Waals surface area contributed by atoms with E-state index in [0.717, 1.165) is 23.3 Å². The van der Waals surface area contributed by atoms with Gasteiger partial charge in [-0.15, -0.1) is 11.3 Å². The van der Waals surface area contributed by atoms with Crippen LogP contribution in [-0.2, 0) is 13.0 Å². The summed E-state index contributed by atoms with van der Waals surface area (Å²) >= 11 is 7.25. The van der Waals surface area contributed by atoms with Crippen molar-refractivity contribution in [3.05, 3.63) is 44.9 Å². The molecule has 106 valence electrons. The lowest BCUT2D eigenvalue weighted by atomic mass is 10.2. The first kappa shape index (κ1) is 14.8. The molecule has 0 aliphatic rings. The fourth-order valence-electron chi connectivity index (χ4n) is 1.73. The zero-order valence-electron chi connectivity index (χ0n) is 10.9. The van der Waals surface area contributed by atoms with Gasteiger partial charge in [-0.1, -0.05) is 24.9 Å². The van der Waals surface area contributed by atoms with Crippen LogP contribution >= 0.6 is 22.9 Å². The summed E-state index contributed by atoms with van der Waals surface area (Å²) in [6, 6.07) is 3.55. The molecule has 0 radical (unpaired) electrons. The van der Waals surface area contributed by atoms with Crippen molar-refractivity contribution in [3.8, 4) is 5.75 Å². The average molecular weight is 312 g/mol. The number of thiophene rings is 1. The number of carbonyl (C=O) groups is 1. The summed E-state index contributed by atoms with van der Waals surface area (Å²) in [5, 5.41) is 9.70. The molecule has 2 heterocycles.